The lowest BCUT2D eigenvalue weighted by atomic mass is 10.0. The fourth-order valence-electron chi connectivity index (χ4n) is 3.35. The Balaban J connectivity index is 1.93. The summed E-state index contributed by atoms with van der Waals surface area (Å²) in [6.07, 6.45) is 1.33. The van der Waals surface area contributed by atoms with E-state index in [1.807, 2.05) is 0 Å². The van der Waals surface area contributed by atoms with Gasteiger partial charge in [0.15, 0.2) is 17.5 Å². The molecule has 0 fully saturated rings. The van der Waals surface area contributed by atoms with E-state index < -0.39 is 17.2 Å². The number of hydrogen-bond donors (Lipinski definition) is 4. The average Bonchev–Trinajstić information content (AvgIpc) is 3.14. The number of benzene rings is 1. The molecule has 0 spiro atoms. The standard InChI is InChI=1S/C22H24FN9O/c1-12-13(9-24)6-5-7-15(12)21-28-19(18(23)20(25)29-21)16(30-26)11-27-10-14-8-17(22(2,3)33)32(4)31-14/h5-8,11,26-27,33H,10H2,1-4H3,(H2,25,28,29)/b16-11-,30-26?. The van der Waals surface area contributed by atoms with Crippen LogP contribution >= 0.6 is 0 Å². The Bertz CT molecular complexity index is 1280. The van der Waals surface area contributed by atoms with Gasteiger partial charge in [0, 0.05) is 18.8 Å². The van der Waals surface area contributed by atoms with E-state index >= 15 is 0 Å². The minimum absolute atomic E-state index is 0.101. The number of nitrogen functional groups attached to an aromatic ring is 1. The van der Waals surface area contributed by atoms with E-state index in [9.17, 15) is 14.8 Å². The molecule has 33 heavy (non-hydrogen) atoms. The van der Waals surface area contributed by atoms with Crippen LogP contribution in [0.1, 0.15) is 42.1 Å². The molecule has 0 saturated carbocycles. The van der Waals surface area contributed by atoms with Gasteiger partial charge in [0.05, 0.1) is 29.6 Å². The highest BCUT2D eigenvalue weighted by atomic mass is 19.1. The molecule has 5 N–H and O–H groups in total. The molecule has 2 aromatic heterocycles. The summed E-state index contributed by atoms with van der Waals surface area (Å²) in [4.78, 5) is 8.25. The minimum atomic E-state index is -1.06. The number of nitrogens with zero attached hydrogens (tertiary/aromatic N) is 6. The number of nitrogens with one attached hydrogen (secondary N) is 2. The Morgan fingerprint density at radius 3 is 2.76 bits per heavy atom. The second-order valence-corrected chi connectivity index (χ2v) is 7.91. The Labute approximate surface area is 190 Å². The molecule has 11 heteroatoms. The minimum Gasteiger partial charge on any atom is -0.384 e. The van der Waals surface area contributed by atoms with Gasteiger partial charge in [-0.25, -0.2) is 19.9 Å². The van der Waals surface area contributed by atoms with Gasteiger partial charge in [0.2, 0.25) is 0 Å². The maximum atomic E-state index is 14.8. The summed E-state index contributed by atoms with van der Waals surface area (Å²) < 4.78 is 16.3. The van der Waals surface area contributed by atoms with Crippen LogP contribution in [-0.4, -0.2) is 24.9 Å². The Kier molecular flexibility index (Phi) is 6.50. The SMILES string of the molecule is Cc1c(C#N)cccc1-c1nc(N)c(F)c(/C(=C/NCc2cc(C(C)(C)O)n(C)n2)N=N)n1. The van der Waals surface area contributed by atoms with E-state index in [1.165, 1.54) is 6.20 Å². The van der Waals surface area contributed by atoms with E-state index in [2.05, 4.69) is 31.6 Å². The Hall–Kier alpha value is -4.17. The van der Waals surface area contributed by atoms with E-state index in [0.717, 1.165) is 0 Å². The summed E-state index contributed by atoms with van der Waals surface area (Å²) in [7, 11) is 1.72. The molecule has 2 heterocycles. The highest BCUT2D eigenvalue weighted by Crippen LogP contribution is 2.28. The molecule has 0 amide bonds. The molecule has 0 aliphatic rings. The third-order valence-corrected chi connectivity index (χ3v) is 5.01. The molecule has 0 radical (unpaired) electrons. The first kappa shape index (κ1) is 23.5. The van der Waals surface area contributed by atoms with Crippen LogP contribution in [0.15, 0.2) is 35.6 Å². The molecular weight excluding hydrogens is 425 g/mol. The maximum Gasteiger partial charge on any atom is 0.193 e. The maximum absolute atomic E-state index is 14.8. The van der Waals surface area contributed by atoms with Crippen LogP contribution < -0.4 is 11.1 Å². The zero-order chi connectivity index (χ0) is 24.3. The van der Waals surface area contributed by atoms with Crippen LogP contribution in [0.25, 0.3) is 17.1 Å². The quantitative estimate of drug-likeness (QED) is 0.403. The number of hydrogen-bond acceptors (Lipinski definition) is 9. The largest absolute Gasteiger partial charge is 0.384 e. The lowest BCUT2D eigenvalue weighted by Gasteiger charge is -2.16. The van der Waals surface area contributed by atoms with Crippen molar-refractivity contribution in [3.63, 3.8) is 0 Å². The molecule has 0 aliphatic heterocycles. The molecule has 0 bridgehead atoms. The summed E-state index contributed by atoms with van der Waals surface area (Å²) in [6.45, 7) is 5.29. The fourth-order valence-corrected chi connectivity index (χ4v) is 3.35. The van der Waals surface area contributed by atoms with Crippen molar-refractivity contribution in [1.29, 1.82) is 10.8 Å². The van der Waals surface area contributed by atoms with Gasteiger partial charge in [-0.15, -0.1) is 0 Å². The molecule has 0 aliphatic carbocycles. The van der Waals surface area contributed by atoms with Gasteiger partial charge in [0.1, 0.15) is 17.0 Å². The Morgan fingerprint density at radius 2 is 2.15 bits per heavy atom. The van der Waals surface area contributed by atoms with E-state index in [0.29, 0.717) is 28.1 Å². The van der Waals surface area contributed by atoms with Crippen molar-refractivity contribution in [1.82, 2.24) is 25.1 Å². The third kappa shape index (κ3) is 4.86. The van der Waals surface area contributed by atoms with Crippen LogP contribution in [0, 0.1) is 29.6 Å². The summed E-state index contributed by atoms with van der Waals surface area (Å²) >= 11 is 0. The normalized spacial score (nSPS) is 11.8. The van der Waals surface area contributed by atoms with Crippen LogP contribution in [0.2, 0.25) is 0 Å². The third-order valence-electron chi connectivity index (χ3n) is 5.01. The van der Waals surface area contributed by atoms with E-state index in [-0.39, 0.29) is 23.8 Å². The molecule has 1 aromatic carbocycles. The number of aromatic nitrogens is 4. The number of aryl methyl sites for hydroxylation is 1. The number of nitriles is 1. The lowest BCUT2D eigenvalue weighted by Crippen LogP contribution is -2.19. The van der Waals surface area contributed by atoms with Gasteiger partial charge in [-0.05, 0) is 38.5 Å². The van der Waals surface area contributed by atoms with Crippen LogP contribution in [0.3, 0.4) is 0 Å². The second-order valence-electron chi connectivity index (χ2n) is 7.91. The highest BCUT2D eigenvalue weighted by molar-refractivity contribution is 5.69. The first-order valence-corrected chi connectivity index (χ1v) is 9.97. The molecule has 0 atom stereocenters. The zero-order valence-corrected chi connectivity index (χ0v) is 18.7. The van der Waals surface area contributed by atoms with Crippen LogP contribution in [-0.2, 0) is 19.2 Å². The van der Waals surface area contributed by atoms with Gasteiger partial charge in [0.25, 0.3) is 0 Å². The van der Waals surface area contributed by atoms with E-state index in [4.69, 9.17) is 11.3 Å². The van der Waals surface area contributed by atoms with Crippen molar-refractivity contribution in [2.45, 2.75) is 32.9 Å². The summed E-state index contributed by atoms with van der Waals surface area (Å²) in [5.41, 5.74) is 14.7. The first-order chi connectivity index (χ1) is 15.6. The first-order valence-electron chi connectivity index (χ1n) is 9.97. The van der Waals surface area contributed by atoms with Gasteiger partial charge in [-0.3, -0.25) is 4.68 Å². The van der Waals surface area contributed by atoms with Crippen molar-refractivity contribution in [2.24, 2.45) is 12.2 Å². The average molecular weight is 449 g/mol. The molecule has 170 valence electrons. The molecule has 3 aromatic rings. The van der Waals surface area contributed by atoms with Crippen molar-refractivity contribution < 1.29 is 9.50 Å². The smallest absolute Gasteiger partial charge is 0.193 e. The molecule has 10 nitrogen and oxygen atoms in total. The van der Waals surface area contributed by atoms with Crippen LogP contribution in [0.4, 0.5) is 10.2 Å². The fraction of sp³-hybridized carbons (Fsp3) is 0.273. The van der Waals surface area contributed by atoms with Gasteiger partial charge < -0.3 is 16.2 Å². The predicted octanol–water partition coefficient (Wildman–Crippen LogP) is 3.13. The van der Waals surface area contributed by atoms with Crippen molar-refractivity contribution in [3.05, 3.63) is 64.5 Å². The number of halogens is 1. The monoisotopic (exact) mass is 449 g/mol. The van der Waals surface area contributed by atoms with E-state index in [1.54, 1.807) is 56.8 Å². The van der Waals surface area contributed by atoms with Crippen molar-refractivity contribution >= 4 is 11.5 Å². The molecular formula is C22H24FN9O. The summed E-state index contributed by atoms with van der Waals surface area (Å²) in [5.74, 6) is -1.18. The van der Waals surface area contributed by atoms with Gasteiger partial charge in [-0.1, -0.05) is 12.1 Å². The lowest BCUT2D eigenvalue weighted by molar-refractivity contribution is 0.0695. The topological polar surface area (TPSA) is 162 Å². The Morgan fingerprint density at radius 1 is 1.42 bits per heavy atom. The van der Waals surface area contributed by atoms with Crippen molar-refractivity contribution in [3.8, 4) is 17.5 Å². The summed E-state index contributed by atoms with van der Waals surface area (Å²) in [5, 5.41) is 30.1. The van der Waals surface area contributed by atoms with Gasteiger partial charge >= 0.3 is 0 Å². The molecule has 0 unspecified atom stereocenters. The number of nitrogens with two attached hydrogens (primary N) is 1. The highest BCUT2D eigenvalue weighted by Gasteiger charge is 2.22. The zero-order valence-electron chi connectivity index (χ0n) is 18.7. The molecule has 3 rings (SSSR count). The number of aliphatic hydroxyl groups is 1. The van der Waals surface area contributed by atoms with Crippen molar-refractivity contribution in [2.75, 3.05) is 5.73 Å². The number of anilines is 1. The number of rotatable bonds is 7. The predicted molar refractivity (Wildman–Crippen MR) is 120 cm³/mol. The molecule has 0 saturated heterocycles. The van der Waals surface area contributed by atoms with Crippen LogP contribution in [0.5, 0.6) is 0 Å². The van der Waals surface area contributed by atoms with Gasteiger partial charge in [-0.2, -0.15) is 15.5 Å². The summed E-state index contributed by atoms with van der Waals surface area (Å²) in [6, 6.07) is 8.85. The second kappa shape index (κ2) is 9.13.